The van der Waals surface area contributed by atoms with Crippen molar-refractivity contribution < 1.29 is 14.7 Å². The number of carbonyl (C=O) groups is 2. The first-order valence-corrected chi connectivity index (χ1v) is 8.34. The van der Waals surface area contributed by atoms with Gasteiger partial charge in [-0.05, 0) is 44.4 Å². The second kappa shape index (κ2) is 7.37. The van der Waals surface area contributed by atoms with E-state index in [1.807, 2.05) is 6.92 Å². The zero-order chi connectivity index (χ0) is 17.0. The van der Waals surface area contributed by atoms with Crippen molar-refractivity contribution in [3.8, 4) is 0 Å². The van der Waals surface area contributed by atoms with Crippen molar-refractivity contribution >= 4 is 28.9 Å². The van der Waals surface area contributed by atoms with Gasteiger partial charge in [0.2, 0.25) is 0 Å². The number of amides is 1. The summed E-state index contributed by atoms with van der Waals surface area (Å²) in [5.74, 6) is -1.72. The number of rotatable bonds is 6. The third-order valence-corrected chi connectivity index (χ3v) is 4.74. The lowest BCUT2D eigenvalue weighted by Gasteiger charge is -2.09. The summed E-state index contributed by atoms with van der Waals surface area (Å²) in [6.45, 7) is 5.52. The van der Waals surface area contributed by atoms with E-state index in [0.717, 1.165) is 23.5 Å². The van der Waals surface area contributed by atoms with Gasteiger partial charge < -0.3 is 10.4 Å². The van der Waals surface area contributed by atoms with Crippen molar-refractivity contribution in [1.29, 1.82) is 0 Å². The van der Waals surface area contributed by atoms with Gasteiger partial charge in [0.25, 0.3) is 5.91 Å². The van der Waals surface area contributed by atoms with E-state index in [1.165, 1.54) is 11.3 Å². The Labute approximate surface area is 139 Å². The molecular weight excluding hydrogens is 312 g/mol. The van der Waals surface area contributed by atoms with Crippen LogP contribution in [0.2, 0.25) is 0 Å². The Morgan fingerprint density at radius 1 is 1.39 bits per heavy atom. The number of anilines is 1. The Hall–Kier alpha value is -2.21. The molecule has 1 aromatic heterocycles. The highest BCUT2D eigenvalue weighted by atomic mass is 32.1. The number of hydrogen-bond acceptors (Lipinski definition) is 4. The number of aliphatic carboxylic acids is 1. The number of thiazole rings is 1. The van der Waals surface area contributed by atoms with Crippen LogP contribution in [-0.4, -0.2) is 22.0 Å². The molecule has 5 nitrogen and oxygen atoms in total. The summed E-state index contributed by atoms with van der Waals surface area (Å²) in [5, 5.41) is 12.9. The fourth-order valence-electron chi connectivity index (χ4n) is 2.20. The van der Waals surface area contributed by atoms with Gasteiger partial charge in [-0.25, -0.2) is 4.98 Å². The van der Waals surface area contributed by atoms with E-state index in [-0.39, 0.29) is 5.91 Å². The van der Waals surface area contributed by atoms with Gasteiger partial charge in [-0.1, -0.05) is 19.1 Å². The summed E-state index contributed by atoms with van der Waals surface area (Å²) < 4.78 is 0. The largest absolute Gasteiger partial charge is 0.481 e. The summed E-state index contributed by atoms with van der Waals surface area (Å²) in [5.41, 5.74) is 1.97. The number of nitrogens with zero attached hydrogens (tertiary/aromatic N) is 1. The first-order valence-electron chi connectivity index (χ1n) is 7.52. The molecular formula is C17H20N2O3S. The van der Waals surface area contributed by atoms with Crippen molar-refractivity contribution in [3.63, 3.8) is 0 Å². The maximum absolute atomic E-state index is 12.4. The molecule has 0 saturated carbocycles. The van der Waals surface area contributed by atoms with Crippen LogP contribution in [-0.2, 0) is 11.2 Å². The average Bonchev–Trinajstić information content (AvgIpc) is 2.88. The molecule has 1 heterocycles. The average molecular weight is 332 g/mol. The SMILES string of the molecule is CCCc1nc(C)c(C(=O)Nc2cccc(C(C)C(=O)O)c2)s1. The van der Waals surface area contributed by atoms with Crippen LogP contribution < -0.4 is 5.32 Å². The molecule has 1 unspecified atom stereocenters. The number of benzene rings is 1. The van der Waals surface area contributed by atoms with Crippen LogP contribution in [0.25, 0.3) is 0 Å². The predicted molar refractivity (Wildman–Crippen MR) is 91.3 cm³/mol. The van der Waals surface area contributed by atoms with Gasteiger partial charge in [0.05, 0.1) is 16.6 Å². The molecule has 1 atom stereocenters. The van der Waals surface area contributed by atoms with Crippen LogP contribution in [0, 0.1) is 6.92 Å². The molecule has 2 aromatic rings. The van der Waals surface area contributed by atoms with E-state index in [0.29, 0.717) is 16.1 Å². The molecule has 0 spiro atoms. The molecule has 0 radical (unpaired) electrons. The molecule has 1 amide bonds. The van der Waals surface area contributed by atoms with Crippen molar-refractivity contribution in [2.24, 2.45) is 0 Å². The minimum absolute atomic E-state index is 0.206. The molecule has 0 bridgehead atoms. The Bertz CT molecular complexity index is 724. The third kappa shape index (κ3) is 4.16. The van der Waals surface area contributed by atoms with E-state index >= 15 is 0 Å². The number of carbonyl (C=O) groups excluding carboxylic acids is 1. The van der Waals surface area contributed by atoms with Crippen LogP contribution in [0.3, 0.4) is 0 Å². The number of aromatic nitrogens is 1. The van der Waals surface area contributed by atoms with Crippen LogP contribution in [0.1, 0.15) is 52.1 Å². The van der Waals surface area contributed by atoms with Crippen LogP contribution in [0.5, 0.6) is 0 Å². The number of hydrogen-bond donors (Lipinski definition) is 2. The van der Waals surface area contributed by atoms with Crippen LogP contribution in [0.4, 0.5) is 5.69 Å². The smallest absolute Gasteiger partial charge is 0.310 e. The summed E-state index contributed by atoms with van der Waals surface area (Å²) in [4.78, 5) is 28.5. The lowest BCUT2D eigenvalue weighted by Crippen LogP contribution is -2.12. The van der Waals surface area contributed by atoms with Gasteiger partial charge in [0, 0.05) is 5.69 Å². The van der Waals surface area contributed by atoms with E-state index < -0.39 is 11.9 Å². The normalized spacial score (nSPS) is 12.0. The van der Waals surface area contributed by atoms with Gasteiger partial charge in [-0.3, -0.25) is 9.59 Å². The molecule has 0 saturated heterocycles. The van der Waals surface area contributed by atoms with Crippen molar-refractivity contribution in [3.05, 3.63) is 45.4 Å². The highest BCUT2D eigenvalue weighted by Gasteiger charge is 2.17. The predicted octanol–water partition coefficient (Wildman–Crippen LogP) is 3.84. The molecule has 6 heteroatoms. The molecule has 122 valence electrons. The number of nitrogens with one attached hydrogen (secondary N) is 1. The molecule has 23 heavy (non-hydrogen) atoms. The van der Waals surface area contributed by atoms with E-state index in [1.54, 1.807) is 31.2 Å². The maximum Gasteiger partial charge on any atom is 0.310 e. The standard InChI is InChI=1S/C17H20N2O3S/c1-4-6-14-18-11(3)15(23-14)16(20)19-13-8-5-7-12(9-13)10(2)17(21)22/h5,7-10H,4,6H2,1-3H3,(H,19,20)(H,21,22). The van der Waals surface area contributed by atoms with E-state index in [2.05, 4.69) is 17.2 Å². The van der Waals surface area contributed by atoms with E-state index in [4.69, 9.17) is 5.11 Å². The zero-order valence-electron chi connectivity index (χ0n) is 13.4. The lowest BCUT2D eigenvalue weighted by atomic mass is 10.0. The molecule has 0 aliphatic heterocycles. The fourth-order valence-corrected chi connectivity index (χ4v) is 3.26. The molecule has 0 aliphatic rings. The van der Waals surface area contributed by atoms with Crippen LogP contribution in [0.15, 0.2) is 24.3 Å². The Morgan fingerprint density at radius 3 is 2.78 bits per heavy atom. The number of carboxylic acid groups (broad SMARTS) is 1. The maximum atomic E-state index is 12.4. The minimum Gasteiger partial charge on any atom is -0.481 e. The van der Waals surface area contributed by atoms with Gasteiger partial charge >= 0.3 is 5.97 Å². The highest BCUT2D eigenvalue weighted by molar-refractivity contribution is 7.13. The Kier molecular flexibility index (Phi) is 5.50. The number of aryl methyl sites for hydroxylation is 2. The van der Waals surface area contributed by atoms with Gasteiger partial charge in [-0.15, -0.1) is 11.3 Å². The fraction of sp³-hybridized carbons (Fsp3) is 0.353. The first kappa shape index (κ1) is 17.1. The van der Waals surface area contributed by atoms with Gasteiger partial charge in [0.15, 0.2) is 0 Å². The highest BCUT2D eigenvalue weighted by Crippen LogP contribution is 2.23. The first-order chi connectivity index (χ1) is 10.9. The van der Waals surface area contributed by atoms with Crippen molar-refractivity contribution in [1.82, 2.24) is 4.98 Å². The third-order valence-electron chi connectivity index (χ3n) is 3.53. The van der Waals surface area contributed by atoms with Gasteiger partial charge in [-0.2, -0.15) is 0 Å². The second-order valence-electron chi connectivity index (χ2n) is 5.41. The molecule has 1 aromatic carbocycles. The summed E-state index contributed by atoms with van der Waals surface area (Å²) in [6.07, 6.45) is 1.85. The quantitative estimate of drug-likeness (QED) is 0.842. The molecule has 0 fully saturated rings. The minimum atomic E-state index is -0.893. The van der Waals surface area contributed by atoms with Crippen molar-refractivity contribution in [2.75, 3.05) is 5.32 Å². The lowest BCUT2D eigenvalue weighted by molar-refractivity contribution is -0.138. The second-order valence-corrected chi connectivity index (χ2v) is 6.50. The zero-order valence-corrected chi connectivity index (χ0v) is 14.2. The Balaban J connectivity index is 2.17. The molecule has 2 rings (SSSR count). The Morgan fingerprint density at radius 2 is 2.13 bits per heavy atom. The summed E-state index contributed by atoms with van der Waals surface area (Å²) >= 11 is 1.41. The van der Waals surface area contributed by atoms with Crippen molar-refractivity contribution in [2.45, 2.75) is 39.5 Å². The molecule has 2 N–H and O–H groups in total. The molecule has 0 aliphatic carbocycles. The van der Waals surface area contributed by atoms with E-state index in [9.17, 15) is 9.59 Å². The van der Waals surface area contributed by atoms with Crippen LogP contribution >= 0.6 is 11.3 Å². The summed E-state index contributed by atoms with van der Waals surface area (Å²) in [6, 6.07) is 6.93. The number of carboxylic acids is 1. The summed E-state index contributed by atoms with van der Waals surface area (Å²) in [7, 11) is 0. The van der Waals surface area contributed by atoms with Gasteiger partial charge in [0.1, 0.15) is 4.88 Å². The monoisotopic (exact) mass is 332 g/mol. The topological polar surface area (TPSA) is 79.3 Å².